The summed E-state index contributed by atoms with van der Waals surface area (Å²) in [6.45, 7) is 1.95. The largest absolute Gasteiger partial charge is 0.327 e. The van der Waals surface area contributed by atoms with Crippen molar-refractivity contribution in [1.82, 2.24) is 9.55 Å². The first kappa shape index (κ1) is 12.8. The van der Waals surface area contributed by atoms with E-state index in [0.29, 0.717) is 0 Å². The molecule has 1 unspecified atom stereocenters. The molecular weight excluding hydrogens is 253 g/mol. The molecule has 20 heavy (non-hydrogen) atoms. The monoisotopic (exact) mass is 269 g/mol. The Kier molecular flexibility index (Phi) is 3.03. The molecule has 0 spiro atoms. The fraction of sp³-hybridized carbons (Fsp3) is 0.188. The van der Waals surface area contributed by atoms with Gasteiger partial charge >= 0.3 is 0 Å². The van der Waals surface area contributed by atoms with E-state index in [4.69, 9.17) is 5.73 Å². The van der Waals surface area contributed by atoms with Gasteiger partial charge in [0.25, 0.3) is 0 Å². The second-order valence-corrected chi connectivity index (χ2v) is 5.04. The molecule has 0 aliphatic carbocycles. The maximum atomic E-state index is 13.4. The van der Waals surface area contributed by atoms with Gasteiger partial charge in [-0.3, -0.25) is 0 Å². The lowest BCUT2D eigenvalue weighted by molar-refractivity contribution is 0.628. The number of hydrogen-bond donors (Lipinski definition) is 1. The number of aromatic nitrogens is 2. The number of imidazole rings is 1. The molecule has 0 aliphatic rings. The van der Waals surface area contributed by atoms with Crippen LogP contribution in [0.5, 0.6) is 0 Å². The van der Waals surface area contributed by atoms with Gasteiger partial charge in [0.1, 0.15) is 11.6 Å². The number of halogens is 1. The number of nitrogens with zero attached hydrogens (tertiary/aromatic N) is 2. The molecule has 0 aliphatic heterocycles. The van der Waals surface area contributed by atoms with E-state index >= 15 is 0 Å². The number of aryl methyl sites for hydroxylation is 1. The number of rotatable bonds is 2. The van der Waals surface area contributed by atoms with Gasteiger partial charge in [0, 0.05) is 18.7 Å². The van der Waals surface area contributed by atoms with Crippen LogP contribution in [0.25, 0.3) is 22.4 Å². The first-order chi connectivity index (χ1) is 9.56. The van der Waals surface area contributed by atoms with Crippen molar-refractivity contribution in [2.75, 3.05) is 0 Å². The van der Waals surface area contributed by atoms with E-state index in [1.54, 1.807) is 6.07 Å². The average Bonchev–Trinajstić information content (AvgIpc) is 2.76. The normalized spacial score (nSPS) is 12.8. The molecule has 2 N–H and O–H groups in total. The lowest BCUT2D eigenvalue weighted by atomic mass is 10.1. The zero-order valence-electron chi connectivity index (χ0n) is 11.5. The SMILES string of the molecule is CC(N)c1ccc2nc(-c3cccc(F)c3)n(C)c2c1. The van der Waals surface area contributed by atoms with E-state index in [2.05, 4.69) is 4.98 Å². The molecule has 0 saturated carbocycles. The van der Waals surface area contributed by atoms with Crippen LogP contribution in [0.3, 0.4) is 0 Å². The zero-order valence-corrected chi connectivity index (χ0v) is 11.5. The molecule has 0 fully saturated rings. The predicted octanol–water partition coefficient (Wildman–Crippen LogP) is 3.40. The van der Waals surface area contributed by atoms with Crippen LogP contribution < -0.4 is 5.73 Å². The Morgan fingerprint density at radius 1 is 1.20 bits per heavy atom. The standard InChI is InChI=1S/C16H16FN3/c1-10(18)11-6-7-14-15(9-11)20(2)16(19-14)12-4-3-5-13(17)8-12/h3-10H,18H2,1-2H3. The molecule has 3 aromatic rings. The molecule has 0 radical (unpaired) electrons. The molecule has 0 saturated heterocycles. The van der Waals surface area contributed by atoms with Crippen molar-refractivity contribution in [3.63, 3.8) is 0 Å². The third-order valence-electron chi connectivity index (χ3n) is 3.51. The minimum Gasteiger partial charge on any atom is -0.327 e. The number of benzene rings is 2. The molecule has 1 heterocycles. The highest BCUT2D eigenvalue weighted by molar-refractivity contribution is 5.81. The highest BCUT2D eigenvalue weighted by Crippen LogP contribution is 2.26. The fourth-order valence-corrected chi connectivity index (χ4v) is 2.38. The van der Waals surface area contributed by atoms with Crippen LogP contribution >= 0.6 is 0 Å². The second-order valence-electron chi connectivity index (χ2n) is 5.04. The summed E-state index contributed by atoms with van der Waals surface area (Å²) in [5.74, 6) is 0.493. The van der Waals surface area contributed by atoms with Gasteiger partial charge in [0.15, 0.2) is 0 Å². The quantitative estimate of drug-likeness (QED) is 0.775. The van der Waals surface area contributed by atoms with Gasteiger partial charge in [0.05, 0.1) is 11.0 Å². The van der Waals surface area contributed by atoms with Gasteiger partial charge in [-0.25, -0.2) is 9.37 Å². The molecule has 3 nitrogen and oxygen atoms in total. The minimum atomic E-state index is -0.258. The molecule has 0 bridgehead atoms. The van der Waals surface area contributed by atoms with Crippen LogP contribution in [-0.4, -0.2) is 9.55 Å². The molecule has 0 amide bonds. The number of hydrogen-bond acceptors (Lipinski definition) is 2. The number of fused-ring (bicyclic) bond motifs is 1. The van der Waals surface area contributed by atoms with Crippen molar-refractivity contribution in [2.45, 2.75) is 13.0 Å². The Labute approximate surface area is 116 Å². The summed E-state index contributed by atoms with van der Waals surface area (Å²) in [4.78, 5) is 4.58. The lowest BCUT2D eigenvalue weighted by Gasteiger charge is -2.06. The minimum absolute atomic E-state index is 0.0214. The van der Waals surface area contributed by atoms with E-state index in [1.165, 1.54) is 12.1 Å². The van der Waals surface area contributed by atoms with E-state index in [0.717, 1.165) is 28.0 Å². The highest BCUT2D eigenvalue weighted by atomic mass is 19.1. The molecule has 102 valence electrons. The molecular formula is C16H16FN3. The molecule has 3 rings (SSSR count). The van der Waals surface area contributed by atoms with Crippen LogP contribution in [0, 0.1) is 5.82 Å². The maximum absolute atomic E-state index is 13.4. The summed E-state index contributed by atoms with van der Waals surface area (Å²) >= 11 is 0. The van der Waals surface area contributed by atoms with Crippen LogP contribution in [-0.2, 0) is 7.05 Å². The molecule has 2 aromatic carbocycles. The van der Waals surface area contributed by atoms with Gasteiger partial charge in [-0.05, 0) is 36.8 Å². The van der Waals surface area contributed by atoms with Crippen molar-refractivity contribution in [3.05, 3.63) is 53.8 Å². The molecule has 1 aromatic heterocycles. The predicted molar refractivity (Wildman–Crippen MR) is 78.7 cm³/mol. The second kappa shape index (κ2) is 4.72. The van der Waals surface area contributed by atoms with Crippen molar-refractivity contribution in [2.24, 2.45) is 12.8 Å². The summed E-state index contributed by atoms with van der Waals surface area (Å²) in [6, 6.07) is 12.4. The third-order valence-corrected chi connectivity index (χ3v) is 3.51. The van der Waals surface area contributed by atoms with Crippen molar-refractivity contribution < 1.29 is 4.39 Å². The van der Waals surface area contributed by atoms with Gasteiger partial charge in [-0.15, -0.1) is 0 Å². The molecule has 1 atom stereocenters. The Hall–Kier alpha value is -2.20. The maximum Gasteiger partial charge on any atom is 0.140 e. The van der Waals surface area contributed by atoms with Crippen LogP contribution in [0.2, 0.25) is 0 Å². The van der Waals surface area contributed by atoms with Crippen LogP contribution in [0.1, 0.15) is 18.5 Å². The van der Waals surface area contributed by atoms with Gasteiger partial charge in [-0.1, -0.05) is 18.2 Å². The van der Waals surface area contributed by atoms with Gasteiger partial charge in [0.2, 0.25) is 0 Å². The van der Waals surface area contributed by atoms with E-state index in [1.807, 2.05) is 42.8 Å². The van der Waals surface area contributed by atoms with Crippen LogP contribution in [0.15, 0.2) is 42.5 Å². The first-order valence-corrected chi connectivity index (χ1v) is 6.54. The Morgan fingerprint density at radius 3 is 2.70 bits per heavy atom. The van der Waals surface area contributed by atoms with Crippen molar-refractivity contribution >= 4 is 11.0 Å². The highest BCUT2D eigenvalue weighted by Gasteiger charge is 2.11. The number of nitrogens with two attached hydrogens (primary N) is 1. The van der Waals surface area contributed by atoms with Crippen molar-refractivity contribution in [3.8, 4) is 11.4 Å². The van der Waals surface area contributed by atoms with Gasteiger partial charge < -0.3 is 10.3 Å². The van der Waals surface area contributed by atoms with E-state index in [9.17, 15) is 4.39 Å². The average molecular weight is 269 g/mol. The fourth-order valence-electron chi connectivity index (χ4n) is 2.38. The van der Waals surface area contributed by atoms with Crippen LogP contribution in [0.4, 0.5) is 4.39 Å². The Morgan fingerprint density at radius 2 is 2.00 bits per heavy atom. The van der Waals surface area contributed by atoms with Gasteiger partial charge in [-0.2, -0.15) is 0 Å². The topological polar surface area (TPSA) is 43.8 Å². The summed E-state index contributed by atoms with van der Waals surface area (Å²) in [5.41, 5.74) is 9.63. The van der Waals surface area contributed by atoms with E-state index in [-0.39, 0.29) is 11.9 Å². The Bertz CT molecular complexity index is 774. The Balaban J connectivity index is 2.20. The zero-order chi connectivity index (χ0) is 14.3. The smallest absolute Gasteiger partial charge is 0.140 e. The summed E-state index contributed by atoms with van der Waals surface area (Å²) in [6.07, 6.45) is 0. The third kappa shape index (κ3) is 2.08. The summed E-state index contributed by atoms with van der Waals surface area (Å²) in [5, 5.41) is 0. The summed E-state index contributed by atoms with van der Waals surface area (Å²) < 4.78 is 15.3. The lowest BCUT2D eigenvalue weighted by Crippen LogP contribution is -2.04. The first-order valence-electron chi connectivity index (χ1n) is 6.54. The van der Waals surface area contributed by atoms with Crippen molar-refractivity contribution in [1.29, 1.82) is 0 Å². The summed E-state index contributed by atoms with van der Waals surface area (Å²) in [7, 11) is 1.93. The van der Waals surface area contributed by atoms with E-state index < -0.39 is 0 Å². The molecule has 4 heteroatoms.